The minimum Gasteiger partial charge on any atom is -0.316 e. The van der Waals surface area contributed by atoms with E-state index in [4.69, 9.17) is 0 Å². The maximum atomic E-state index is 12.9. The molecule has 2 heteroatoms. The Hall–Kier alpha value is -1.15. The lowest BCUT2D eigenvalue weighted by Gasteiger charge is -2.05. The lowest BCUT2D eigenvalue weighted by Crippen LogP contribution is -2.20. The van der Waals surface area contributed by atoms with Gasteiger partial charge in [-0.25, -0.2) is 4.39 Å². The molecule has 0 aliphatic rings. The van der Waals surface area contributed by atoms with Crippen molar-refractivity contribution in [3.63, 3.8) is 0 Å². The lowest BCUT2D eigenvalue weighted by atomic mass is 10.1. The fraction of sp³-hybridized carbons (Fsp3) is 0.467. The highest BCUT2D eigenvalue weighted by Crippen LogP contribution is 2.11. The van der Waals surface area contributed by atoms with Gasteiger partial charge >= 0.3 is 0 Å². The van der Waals surface area contributed by atoms with Crippen molar-refractivity contribution in [1.29, 1.82) is 0 Å². The summed E-state index contributed by atoms with van der Waals surface area (Å²) in [6.07, 6.45) is 5.20. The Labute approximate surface area is 104 Å². The van der Waals surface area contributed by atoms with Gasteiger partial charge in [-0.05, 0) is 55.6 Å². The van der Waals surface area contributed by atoms with Gasteiger partial charge in [0.15, 0.2) is 0 Å². The van der Waals surface area contributed by atoms with E-state index in [0.29, 0.717) is 5.92 Å². The normalized spacial score (nSPS) is 11.6. The first kappa shape index (κ1) is 13.9. The summed E-state index contributed by atoms with van der Waals surface area (Å²) in [6, 6.07) is 4.89. The van der Waals surface area contributed by atoms with E-state index in [1.54, 1.807) is 6.07 Å². The molecule has 1 nitrogen and oxygen atoms in total. The van der Waals surface area contributed by atoms with Crippen LogP contribution in [-0.2, 0) is 0 Å². The van der Waals surface area contributed by atoms with Gasteiger partial charge in [0.2, 0.25) is 0 Å². The zero-order chi connectivity index (χ0) is 12.7. The fourth-order valence-electron chi connectivity index (χ4n) is 1.61. The van der Waals surface area contributed by atoms with Gasteiger partial charge in [0.1, 0.15) is 5.82 Å². The third kappa shape index (κ3) is 5.64. The molecule has 0 aromatic heterocycles. The molecule has 0 aliphatic heterocycles. The summed E-state index contributed by atoms with van der Waals surface area (Å²) in [5.74, 6) is 0.525. The van der Waals surface area contributed by atoms with Crippen LogP contribution >= 0.6 is 0 Å². The number of rotatable bonds is 6. The van der Waals surface area contributed by atoms with E-state index in [0.717, 1.165) is 30.6 Å². The first-order valence-corrected chi connectivity index (χ1v) is 6.23. The number of halogens is 1. The van der Waals surface area contributed by atoms with E-state index >= 15 is 0 Å². The van der Waals surface area contributed by atoms with Crippen LogP contribution in [0.15, 0.2) is 24.3 Å². The first-order chi connectivity index (χ1) is 8.09. The van der Waals surface area contributed by atoms with Gasteiger partial charge < -0.3 is 5.32 Å². The van der Waals surface area contributed by atoms with Crippen LogP contribution in [0.25, 0.3) is 6.08 Å². The Morgan fingerprint density at radius 1 is 1.35 bits per heavy atom. The minimum atomic E-state index is -0.168. The summed E-state index contributed by atoms with van der Waals surface area (Å²) < 4.78 is 12.9. The molecule has 0 bridgehead atoms. The van der Waals surface area contributed by atoms with Crippen molar-refractivity contribution in [3.8, 4) is 0 Å². The molecule has 0 saturated carbocycles. The SMILES string of the molecule is Cc1cc(F)ccc1C=CCCNCC(C)C. The lowest BCUT2D eigenvalue weighted by molar-refractivity contribution is 0.557. The van der Waals surface area contributed by atoms with Crippen molar-refractivity contribution >= 4 is 6.08 Å². The zero-order valence-corrected chi connectivity index (χ0v) is 11.0. The smallest absolute Gasteiger partial charge is 0.123 e. The van der Waals surface area contributed by atoms with Crippen molar-refractivity contribution in [1.82, 2.24) is 5.32 Å². The van der Waals surface area contributed by atoms with Gasteiger partial charge in [-0.3, -0.25) is 0 Å². The molecule has 0 amide bonds. The number of hydrogen-bond acceptors (Lipinski definition) is 1. The molecule has 1 rings (SSSR count). The summed E-state index contributed by atoms with van der Waals surface area (Å²) >= 11 is 0. The molecule has 1 aromatic carbocycles. The third-order valence-electron chi connectivity index (χ3n) is 2.57. The summed E-state index contributed by atoms with van der Waals surface area (Å²) in [6.45, 7) is 8.38. The summed E-state index contributed by atoms with van der Waals surface area (Å²) in [4.78, 5) is 0. The van der Waals surface area contributed by atoms with Crippen LogP contribution in [-0.4, -0.2) is 13.1 Å². The Kier molecular flexibility index (Phi) is 5.92. The monoisotopic (exact) mass is 235 g/mol. The van der Waals surface area contributed by atoms with Gasteiger partial charge in [-0.15, -0.1) is 0 Å². The molecule has 0 spiro atoms. The van der Waals surface area contributed by atoms with Crippen LogP contribution in [0, 0.1) is 18.7 Å². The average Bonchev–Trinajstić information content (AvgIpc) is 2.25. The van der Waals surface area contributed by atoms with Crippen LogP contribution in [0.1, 0.15) is 31.4 Å². The van der Waals surface area contributed by atoms with E-state index in [9.17, 15) is 4.39 Å². The van der Waals surface area contributed by atoms with Gasteiger partial charge in [-0.2, -0.15) is 0 Å². The predicted molar refractivity (Wildman–Crippen MR) is 72.5 cm³/mol. The molecule has 0 saturated heterocycles. The highest BCUT2D eigenvalue weighted by Gasteiger charge is 1.95. The minimum absolute atomic E-state index is 0.168. The molecule has 0 atom stereocenters. The Morgan fingerprint density at radius 2 is 2.12 bits per heavy atom. The largest absolute Gasteiger partial charge is 0.316 e. The van der Waals surface area contributed by atoms with Gasteiger partial charge in [0.05, 0.1) is 0 Å². The highest BCUT2D eigenvalue weighted by molar-refractivity contribution is 5.53. The first-order valence-electron chi connectivity index (χ1n) is 6.23. The molecule has 0 unspecified atom stereocenters. The number of aryl methyl sites for hydroxylation is 1. The summed E-state index contributed by atoms with van der Waals surface area (Å²) in [5, 5.41) is 3.38. The van der Waals surface area contributed by atoms with E-state index in [2.05, 4.69) is 31.3 Å². The average molecular weight is 235 g/mol. The Balaban J connectivity index is 2.33. The molecular formula is C15H22FN. The second kappa shape index (κ2) is 7.23. The van der Waals surface area contributed by atoms with E-state index in [1.165, 1.54) is 6.07 Å². The van der Waals surface area contributed by atoms with Crippen molar-refractivity contribution < 1.29 is 4.39 Å². The maximum absolute atomic E-state index is 12.9. The van der Waals surface area contributed by atoms with Crippen LogP contribution in [0.2, 0.25) is 0 Å². The van der Waals surface area contributed by atoms with E-state index < -0.39 is 0 Å². The number of benzene rings is 1. The van der Waals surface area contributed by atoms with Crippen molar-refractivity contribution in [2.75, 3.05) is 13.1 Å². The van der Waals surface area contributed by atoms with Gasteiger partial charge in [0, 0.05) is 0 Å². The highest BCUT2D eigenvalue weighted by atomic mass is 19.1. The van der Waals surface area contributed by atoms with Crippen LogP contribution in [0.3, 0.4) is 0 Å². The van der Waals surface area contributed by atoms with Gasteiger partial charge in [0.25, 0.3) is 0 Å². The maximum Gasteiger partial charge on any atom is 0.123 e. The fourth-order valence-corrected chi connectivity index (χ4v) is 1.61. The van der Waals surface area contributed by atoms with Crippen molar-refractivity contribution in [2.24, 2.45) is 5.92 Å². The summed E-state index contributed by atoms with van der Waals surface area (Å²) in [5.41, 5.74) is 2.08. The number of nitrogens with one attached hydrogen (secondary N) is 1. The second-order valence-electron chi connectivity index (χ2n) is 4.79. The quantitative estimate of drug-likeness (QED) is 0.740. The van der Waals surface area contributed by atoms with Crippen LogP contribution in [0.4, 0.5) is 4.39 Å². The van der Waals surface area contributed by atoms with Gasteiger partial charge in [-0.1, -0.05) is 32.1 Å². The second-order valence-corrected chi connectivity index (χ2v) is 4.79. The van der Waals surface area contributed by atoms with Crippen LogP contribution in [0.5, 0.6) is 0 Å². The van der Waals surface area contributed by atoms with Crippen LogP contribution < -0.4 is 5.32 Å². The van der Waals surface area contributed by atoms with E-state index in [1.807, 2.05) is 13.0 Å². The standard InChI is InChI=1S/C15H22FN/c1-12(2)11-17-9-5-4-6-14-7-8-15(16)10-13(14)3/h4,6-8,10,12,17H,5,9,11H2,1-3H3. The molecule has 0 heterocycles. The predicted octanol–water partition coefficient (Wildman–Crippen LogP) is 3.78. The molecule has 1 aromatic rings. The molecule has 0 fully saturated rings. The molecule has 94 valence electrons. The van der Waals surface area contributed by atoms with E-state index in [-0.39, 0.29) is 5.82 Å². The Morgan fingerprint density at radius 3 is 2.76 bits per heavy atom. The summed E-state index contributed by atoms with van der Waals surface area (Å²) in [7, 11) is 0. The van der Waals surface area contributed by atoms with Crippen molar-refractivity contribution in [3.05, 3.63) is 41.2 Å². The Bertz CT molecular complexity index is 369. The topological polar surface area (TPSA) is 12.0 Å². The molecule has 17 heavy (non-hydrogen) atoms. The van der Waals surface area contributed by atoms with Crippen molar-refractivity contribution in [2.45, 2.75) is 27.2 Å². The number of hydrogen-bond donors (Lipinski definition) is 1. The molecular weight excluding hydrogens is 213 g/mol. The third-order valence-corrected chi connectivity index (χ3v) is 2.57. The molecule has 0 aliphatic carbocycles. The molecule has 1 N–H and O–H groups in total. The zero-order valence-electron chi connectivity index (χ0n) is 11.0. The molecule has 0 radical (unpaired) electrons.